The third kappa shape index (κ3) is 4.23. The Kier molecular flexibility index (Phi) is 5.71. The summed E-state index contributed by atoms with van der Waals surface area (Å²) in [6, 6.07) is 14.5. The average molecular weight is 496 g/mol. The van der Waals surface area contributed by atoms with E-state index in [4.69, 9.17) is 9.72 Å². The first-order valence-corrected chi connectivity index (χ1v) is 12.5. The zero-order valence-electron chi connectivity index (χ0n) is 20.2. The Morgan fingerprint density at radius 2 is 1.94 bits per heavy atom. The Morgan fingerprint density at radius 3 is 2.78 bits per heavy atom. The highest BCUT2D eigenvalue weighted by atomic mass is 32.1. The lowest BCUT2D eigenvalue weighted by molar-refractivity contribution is 0.261. The molecular formula is C27H25N7OS. The first-order chi connectivity index (χ1) is 17.5. The van der Waals surface area contributed by atoms with Crippen LogP contribution >= 0.6 is 11.3 Å². The Labute approximate surface area is 212 Å². The van der Waals surface area contributed by atoms with Gasteiger partial charge in [0.05, 0.1) is 17.2 Å². The van der Waals surface area contributed by atoms with Crippen LogP contribution in [-0.2, 0) is 0 Å². The van der Waals surface area contributed by atoms with Crippen LogP contribution in [0.4, 0.5) is 0 Å². The summed E-state index contributed by atoms with van der Waals surface area (Å²) < 4.78 is 5.88. The average Bonchev–Trinajstić information content (AvgIpc) is 3.61. The standard InChI is InChI=1S/C27H25N7OS/c1-16-4-7-23(36-16)20-8-9-29-26-24(20)30-27(31-26)25-21-13-17(5-6-22(21)32-33-25)18-12-19(15-28-14-18)35-11-10-34(2)3/h4-9,12-15H,10-11H2,1-3H3,(H,32,33)(H,29,30,31). The van der Waals surface area contributed by atoms with Crippen LogP contribution in [0, 0.1) is 6.92 Å². The van der Waals surface area contributed by atoms with Crippen LogP contribution in [-0.4, -0.2) is 62.3 Å². The lowest BCUT2D eigenvalue weighted by atomic mass is 10.0. The van der Waals surface area contributed by atoms with E-state index in [9.17, 15) is 0 Å². The maximum atomic E-state index is 5.88. The van der Waals surface area contributed by atoms with Crippen LogP contribution in [0.25, 0.3) is 55.2 Å². The third-order valence-electron chi connectivity index (χ3n) is 6.04. The number of aromatic nitrogens is 6. The Balaban J connectivity index is 1.37. The van der Waals surface area contributed by atoms with E-state index in [1.54, 1.807) is 23.7 Å². The van der Waals surface area contributed by atoms with Crippen LogP contribution in [0.3, 0.4) is 0 Å². The summed E-state index contributed by atoms with van der Waals surface area (Å²) in [5.41, 5.74) is 6.37. The summed E-state index contributed by atoms with van der Waals surface area (Å²) in [7, 11) is 4.05. The van der Waals surface area contributed by atoms with E-state index in [1.165, 1.54) is 9.75 Å². The van der Waals surface area contributed by atoms with Gasteiger partial charge in [0.2, 0.25) is 0 Å². The van der Waals surface area contributed by atoms with Crippen LogP contribution in [0.1, 0.15) is 4.88 Å². The van der Waals surface area contributed by atoms with Crippen molar-refractivity contribution < 1.29 is 4.74 Å². The number of nitrogens with zero attached hydrogens (tertiary/aromatic N) is 5. The van der Waals surface area contributed by atoms with Gasteiger partial charge in [0.15, 0.2) is 11.5 Å². The van der Waals surface area contributed by atoms with Gasteiger partial charge in [-0.3, -0.25) is 10.1 Å². The molecule has 0 bridgehead atoms. The Bertz CT molecular complexity index is 1680. The minimum Gasteiger partial charge on any atom is -0.491 e. The fourth-order valence-electron chi connectivity index (χ4n) is 4.18. The molecule has 0 spiro atoms. The van der Waals surface area contributed by atoms with Crippen LogP contribution in [0.2, 0.25) is 0 Å². The van der Waals surface area contributed by atoms with Crippen molar-refractivity contribution in [3.63, 3.8) is 0 Å². The predicted molar refractivity (Wildman–Crippen MR) is 144 cm³/mol. The molecule has 36 heavy (non-hydrogen) atoms. The molecule has 0 amide bonds. The van der Waals surface area contributed by atoms with Crippen molar-refractivity contribution in [1.82, 2.24) is 35.0 Å². The van der Waals surface area contributed by atoms with E-state index in [2.05, 4.69) is 61.2 Å². The molecule has 1 aromatic carbocycles. The van der Waals surface area contributed by atoms with Gasteiger partial charge < -0.3 is 14.6 Å². The van der Waals surface area contributed by atoms with Gasteiger partial charge in [0.1, 0.15) is 18.1 Å². The second-order valence-corrected chi connectivity index (χ2v) is 10.2. The third-order valence-corrected chi connectivity index (χ3v) is 7.07. The van der Waals surface area contributed by atoms with Crippen LogP contribution in [0.15, 0.2) is 61.1 Å². The molecular weight excluding hydrogens is 470 g/mol. The van der Waals surface area contributed by atoms with Crippen molar-refractivity contribution in [2.24, 2.45) is 0 Å². The van der Waals surface area contributed by atoms with E-state index >= 15 is 0 Å². The molecule has 2 N–H and O–H groups in total. The zero-order chi connectivity index (χ0) is 24.6. The largest absolute Gasteiger partial charge is 0.491 e. The summed E-state index contributed by atoms with van der Waals surface area (Å²) in [6.45, 7) is 3.56. The highest BCUT2D eigenvalue weighted by Crippen LogP contribution is 2.35. The number of fused-ring (bicyclic) bond motifs is 2. The molecule has 6 aromatic rings. The molecule has 5 heterocycles. The van der Waals surface area contributed by atoms with Crippen molar-refractivity contribution in [1.29, 1.82) is 0 Å². The number of thiophene rings is 1. The van der Waals surface area contributed by atoms with Crippen molar-refractivity contribution in [3.8, 4) is 38.8 Å². The van der Waals surface area contributed by atoms with Gasteiger partial charge in [-0.2, -0.15) is 5.10 Å². The molecule has 0 atom stereocenters. The summed E-state index contributed by atoms with van der Waals surface area (Å²) in [6.07, 6.45) is 5.40. The number of imidazole rings is 1. The molecule has 0 aliphatic heterocycles. The van der Waals surface area contributed by atoms with Crippen LogP contribution < -0.4 is 4.74 Å². The minimum atomic E-state index is 0.607. The van der Waals surface area contributed by atoms with Gasteiger partial charge in [-0.05, 0) is 63.0 Å². The first-order valence-electron chi connectivity index (χ1n) is 11.7. The van der Waals surface area contributed by atoms with E-state index in [0.29, 0.717) is 18.1 Å². The number of likely N-dealkylation sites (N-methyl/N-ethyl adjacent to an activating group) is 1. The lowest BCUT2D eigenvalue weighted by Crippen LogP contribution is -2.19. The molecule has 0 saturated heterocycles. The summed E-state index contributed by atoms with van der Waals surface area (Å²) in [4.78, 5) is 21.7. The molecule has 0 fully saturated rings. The van der Waals surface area contributed by atoms with Gasteiger partial charge in [-0.25, -0.2) is 9.97 Å². The molecule has 0 radical (unpaired) electrons. The number of rotatable bonds is 7. The smallest absolute Gasteiger partial charge is 0.178 e. The van der Waals surface area contributed by atoms with Crippen molar-refractivity contribution in [3.05, 3.63) is 65.9 Å². The normalized spacial score (nSPS) is 11.7. The van der Waals surface area contributed by atoms with Gasteiger partial charge in [-0.15, -0.1) is 11.3 Å². The summed E-state index contributed by atoms with van der Waals surface area (Å²) in [5, 5.41) is 8.69. The number of aromatic amines is 2. The molecule has 8 nitrogen and oxygen atoms in total. The number of hydrogen-bond acceptors (Lipinski definition) is 7. The topological polar surface area (TPSA) is 95.6 Å². The number of nitrogens with one attached hydrogen (secondary N) is 2. The number of H-pyrrole nitrogens is 2. The first kappa shape index (κ1) is 22.4. The SMILES string of the molecule is Cc1ccc(-c2ccnc3nc(-c4n[nH]c5ccc(-c6cncc(OCCN(C)C)c6)cc45)[nH]c23)s1. The second kappa shape index (κ2) is 9.18. The fourth-order valence-corrected chi connectivity index (χ4v) is 5.08. The zero-order valence-corrected chi connectivity index (χ0v) is 21.1. The fraction of sp³-hybridized carbons (Fsp3) is 0.185. The van der Waals surface area contributed by atoms with Gasteiger partial charge >= 0.3 is 0 Å². The number of ether oxygens (including phenoxy) is 1. The van der Waals surface area contributed by atoms with Gasteiger partial charge in [0, 0.05) is 45.2 Å². The number of hydrogen-bond donors (Lipinski definition) is 2. The number of benzene rings is 1. The number of aryl methyl sites for hydroxylation is 1. The Hall–Kier alpha value is -4.08. The quantitative estimate of drug-likeness (QED) is 0.302. The van der Waals surface area contributed by atoms with E-state index in [1.807, 2.05) is 38.5 Å². The Morgan fingerprint density at radius 1 is 1.03 bits per heavy atom. The lowest BCUT2D eigenvalue weighted by Gasteiger charge is -2.11. The predicted octanol–water partition coefficient (Wildman–Crippen LogP) is 5.54. The molecule has 6 rings (SSSR count). The minimum absolute atomic E-state index is 0.607. The van der Waals surface area contributed by atoms with Crippen molar-refractivity contribution >= 4 is 33.4 Å². The maximum Gasteiger partial charge on any atom is 0.178 e. The van der Waals surface area contributed by atoms with Crippen LogP contribution in [0.5, 0.6) is 5.75 Å². The number of pyridine rings is 2. The van der Waals surface area contributed by atoms with E-state index < -0.39 is 0 Å². The summed E-state index contributed by atoms with van der Waals surface area (Å²) in [5.74, 6) is 1.43. The van der Waals surface area contributed by atoms with Crippen molar-refractivity contribution in [2.45, 2.75) is 6.92 Å². The van der Waals surface area contributed by atoms with E-state index in [0.717, 1.165) is 51.1 Å². The van der Waals surface area contributed by atoms with Crippen molar-refractivity contribution in [2.75, 3.05) is 27.2 Å². The van der Waals surface area contributed by atoms with Gasteiger partial charge in [0.25, 0.3) is 0 Å². The summed E-state index contributed by atoms with van der Waals surface area (Å²) >= 11 is 1.76. The molecule has 180 valence electrons. The maximum absolute atomic E-state index is 5.88. The highest BCUT2D eigenvalue weighted by molar-refractivity contribution is 7.15. The van der Waals surface area contributed by atoms with E-state index in [-0.39, 0.29) is 0 Å². The molecule has 0 aliphatic rings. The molecule has 9 heteroatoms. The molecule has 5 aromatic heterocycles. The molecule has 0 saturated carbocycles. The molecule has 0 aliphatic carbocycles. The monoisotopic (exact) mass is 495 g/mol. The van der Waals surface area contributed by atoms with Gasteiger partial charge in [-0.1, -0.05) is 6.07 Å². The molecule has 0 unspecified atom stereocenters. The highest BCUT2D eigenvalue weighted by Gasteiger charge is 2.17. The second-order valence-electron chi connectivity index (χ2n) is 8.95.